The number of ether oxygens (including phenoxy) is 2. The Labute approximate surface area is 151 Å². The summed E-state index contributed by atoms with van der Waals surface area (Å²) in [5.74, 6) is 1.78. The molecule has 0 spiro atoms. The molecule has 0 saturated heterocycles. The molecule has 1 aliphatic heterocycles. The number of aryl methyl sites for hydroxylation is 1. The molecule has 1 aromatic carbocycles. The highest BCUT2D eigenvalue weighted by molar-refractivity contribution is 5.75. The fraction of sp³-hybridized carbons (Fsp3) is 0.500. The van der Waals surface area contributed by atoms with Crippen LogP contribution in [-0.2, 0) is 4.74 Å². The van der Waals surface area contributed by atoms with E-state index in [1.165, 1.54) is 0 Å². The summed E-state index contributed by atoms with van der Waals surface area (Å²) in [6, 6.07) is 5.70. The Bertz CT molecular complexity index is 815. The first kappa shape index (κ1) is 16.8. The van der Waals surface area contributed by atoms with Crippen LogP contribution in [0.2, 0.25) is 0 Å². The van der Waals surface area contributed by atoms with E-state index in [-0.39, 0.29) is 24.2 Å². The van der Waals surface area contributed by atoms with Crippen molar-refractivity contribution in [3.05, 3.63) is 29.7 Å². The molecule has 1 saturated carbocycles. The Balaban J connectivity index is 1.42. The third-order valence-electron chi connectivity index (χ3n) is 5.15. The highest BCUT2D eigenvalue weighted by Crippen LogP contribution is 2.35. The lowest BCUT2D eigenvalue weighted by molar-refractivity contribution is -0.00878. The molecule has 2 aliphatic rings. The van der Waals surface area contributed by atoms with Crippen LogP contribution in [-0.4, -0.2) is 54.0 Å². The fourth-order valence-electron chi connectivity index (χ4n) is 3.35. The first-order valence-corrected chi connectivity index (χ1v) is 8.68. The molecule has 2 amide bonds. The number of nitrogens with one attached hydrogen (secondary N) is 1. The number of rotatable bonds is 4. The Morgan fingerprint density at radius 1 is 1.38 bits per heavy atom. The lowest BCUT2D eigenvalue weighted by atomic mass is 9.88. The Kier molecular flexibility index (Phi) is 4.28. The van der Waals surface area contributed by atoms with Crippen LogP contribution in [0, 0.1) is 6.92 Å². The number of hydrogen-bond acceptors (Lipinski definition) is 6. The smallest absolute Gasteiger partial charge is 0.317 e. The summed E-state index contributed by atoms with van der Waals surface area (Å²) in [4.78, 5) is 18.5. The molecule has 0 bridgehead atoms. The Hall–Kier alpha value is -2.61. The number of hydrogen-bond donors (Lipinski definition) is 1. The lowest BCUT2D eigenvalue weighted by Crippen LogP contribution is -2.52. The van der Waals surface area contributed by atoms with Gasteiger partial charge < -0.3 is 24.2 Å². The van der Waals surface area contributed by atoms with Gasteiger partial charge in [0.1, 0.15) is 12.4 Å². The van der Waals surface area contributed by atoms with Gasteiger partial charge in [0.2, 0.25) is 11.7 Å². The van der Waals surface area contributed by atoms with Crippen LogP contribution in [0.15, 0.2) is 22.7 Å². The van der Waals surface area contributed by atoms with Gasteiger partial charge in [-0.3, -0.25) is 0 Å². The predicted octanol–water partition coefficient (Wildman–Crippen LogP) is 2.30. The van der Waals surface area contributed by atoms with Crippen molar-refractivity contribution in [2.75, 3.05) is 20.8 Å². The van der Waals surface area contributed by atoms with Crippen LogP contribution in [0.4, 0.5) is 4.79 Å². The van der Waals surface area contributed by atoms with Crippen molar-refractivity contribution in [1.82, 2.24) is 20.4 Å². The van der Waals surface area contributed by atoms with Crippen molar-refractivity contribution in [3.63, 3.8) is 0 Å². The number of carbonyl (C=O) groups excluding carboxylic acids is 1. The van der Waals surface area contributed by atoms with Crippen LogP contribution in [0.3, 0.4) is 0 Å². The van der Waals surface area contributed by atoms with E-state index < -0.39 is 0 Å². The summed E-state index contributed by atoms with van der Waals surface area (Å²) in [5.41, 5.74) is 1.78. The van der Waals surface area contributed by atoms with Gasteiger partial charge in [0.05, 0.1) is 12.1 Å². The molecule has 1 aromatic heterocycles. The zero-order valence-corrected chi connectivity index (χ0v) is 15.1. The van der Waals surface area contributed by atoms with Gasteiger partial charge in [-0.15, -0.1) is 0 Å². The van der Waals surface area contributed by atoms with Crippen LogP contribution in [0.5, 0.6) is 5.75 Å². The van der Waals surface area contributed by atoms with Crippen LogP contribution < -0.4 is 10.1 Å². The van der Waals surface area contributed by atoms with E-state index in [9.17, 15) is 4.79 Å². The number of amides is 2. The number of benzene rings is 1. The number of methoxy groups -OCH3 is 1. The molecule has 0 radical (unpaired) electrons. The maximum Gasteiger partial charge on any atom is 0.317 e. The summed E-state index contributed by atoms with van der Waals surface area (Å²) in [6.45, 7) is 2.16. The lowest BCUT2D eigenvalue weighted by Gasteiger charge is -2.40. The highest BCUT2D eigenvalue weighted by atomic mass is 16.5. The maximum atomic E-state index is 12.5. The minimum absolute atomic E-state index is 0.0936. The third kappa shape index (κ3) is 3.01. The Morgan fingerprint density at radius 3 is 2.88 bits per heavy atom. The van der Waals surface area contributed by atoms with Crippen molar-refractivity contribution in [2.45, 2.75) is 38.0 Å². The SMILES string of the molecule is COC1CC(N(C)C(=O)N[C@@H]2COc3cc(-c4noc(C)n4)ccc32)C1. The monoisotopic (exact) mass is 358 g/mol. The molecule has 1 atom stereocenters. The van der Waals surface area contributed by atoms with Crippen molar-refractivity contribution < 1.29 is 18.8 Å². The highest BCUT2D eigenvalue weighted by Gasteiger charge is 2.35. The summed E-state index contributed by atoms with van der Waals surface area (Å²) in [6.07, 6.45) is 2.02. The van der Waals surface area contributed by atoms with Gasteiger partial charge in [-0.25, -0.2) is 4.79 Å². The van der Waals surface area contributed by atoms with Crippen molar-refractivity contribution in [3.8, 4) is 17.1 Å². The van der Waals surface area contributed by atoms with Gasteiger partial charge in [-0.05, 0) is 18.9 Å². The molecule has 4 rings (SSSR count). The normalized spacial score (nSPS) is 23.7. The quantitative estimate of drug-likeness (QED) is 0.902. The zero-order chi connectivity index (χ0) is 18.3. The molecule has 1 N–H and O–H groups in total. The topological polar surface area (TPSA) is 89.7 Å². The zero-order valence-electron chi connectivity index (χ0n) is 15.1. The van der Waals surface area contributed by atoms with E-state index in [1.54, 1.807) is 18.9 Å². The van der Waals surface area contributed by atoms with Gasteiger partial charge in [-0.2, -0.15) is 4.98 Å². The van der Waals surface area contributed by atoms with E-state index >= 15 is 0 Å². The van der Waals surface area contributed by atoms with E-state index in [0.717, 1.165) is 29.7 Å². The molecular weight excluding hydrogens is 336 g/mol. The molecule has 8 nitrogen and oxygen atoms in total. The van der Waals surface area contributed by atoms with E-state index in [4.69, 9.17) is 14.0 Å². The summed E-state index contributed by atoms with van der Waals surface area (Å²) in [5, 5.41) is 6.97. The minimum Gasteiger partial charge on any atom is -0.491 e. The van der Waals surface area contributed by atoms with Gasteiger partial charge in [0.25, 0.3) is 0 Å². The molecule has 8 heteroatoms. The van der Waals surface area contributed by atoms with Gasteiger partial charge in [-0.1, -0.05) is 17.3 Å². The van der Waals surface area contributed by atoms with Crippen molar-refractivity contribution >= 4 is 6.03 Å². The van der Waals surface area contributed by atoms with Gasteiger partial charge in [0, 0.05) is 38.2 Å². The second kappa shape index (κ2) is 6.60. The first-order chi connectivity index (χ1) is 12.5. The third-order valence-corrected chi connectivity index (χ3v) is 5.15. The molecule has 2 aromatic rings. The number of nitrogens with zero attached hydrogens (tertiary/aromatic N) is 3. The van der Waals surface area contributed by atoms with E-state index in [0.29, 0.717) is 18.3 Å². The fourth-order valence-corrected chi connectivity index (χ4v) is 3.35. The standard InChI is InChI=1S/C18H22N4O4/c1-10-19-17(21-26-10)11-4-5-14-15(9-25-16(14)6-11)20-18(23)22(2)12-7-13(8-12)24-3/h4-6,12-13,15H,7-9H2,1-3H3,(H,20,23)/t12?,13?,15-/m1/s1. The number of fused-ring (bicyclic) bond motifs is 1. The largest absolute Gasteiger partial charge is 0.491 e. The summed E-state index contributed by atoms with van der Waals surface area (Å²) < 4.78 is 16.1. The number of carbonyl (C=O) groups is 1. The molecule has 138 valence electrons. The van der Waals surface area contributed by atoms with Crippen LogP contribution >= 0.6 is 0 Å². The number of aromatic nitrogens is 2. The second-order valence-corrected chi connectivity index (χ2v) is 6.80. The Morgan fingerprint density at radius 2 is 2.19 bits per heavy atom. The average Bonchev–Trinajstić information content (AvgIpc) is 3.20. The van der Waals surface area contributed by atoms with E-state index in [1.807, 2.05) is 25.2 Å². The second-order valence-electron chi connectivity index (χ2n) is 6.80. The van der Waals surface area contributed by atoms with E-state index in [2.05, 4.69) is 15.5 Å². The molecule has 2 heterocycles. The molecule has 1 fully saturated rings. The van der Waals surface area contributed by atoms with Gasteiger partial charge in [0.15, 0.2) is 0 Å². The maximum absolute atomic E-state index is 12.5. The molecular formula is C18H22N4O4. The van der Waals surface area contributed by atoms with Gasteiger partial charge >= 0.3 is 6.03 Å². The predicted molar refractivity (Wildman–Crippen MR) is 92.8 cm³/mol. The van der Waals surface area contributed by atoms with Crippen LogP contribution in [0.25, 0.3) is 11.4 Å². The molecule has 1 aliphatic carbocycles. The molecule has 0 unspecified atom stereocenters. The molecule has 26 heavy (non-hydrogen) atoms. The minimum atomic E-state index is -0.167. The average molecular weight is 358 g/mol. The first-order valence-electron chi connectivity index (χ1n) is 8.68. The van der Waals surface area contributed by atoms with Crippen molar-refractivity contribution in [1.29, 1.82) is 0 Å². The summed E-state index contributed by atoms with van der Waals surface area (Å²) >= 11 is 0. The summed E-state index contributed by atoms with van der Waals surface area (Å²) in [7, 11) is 3.53. The van der Waals surface area contributed by atoms with Crippen LogP contribution in [0.1, 0.15) is 30.3 Å². The number of urea groups is 1. The van der Waals surface area contributed by atoms with Crippen molar-refractivity contribution in [2.24, 2.45) is 0 Å².